The average molecular weight is 300 g/mol. The third kappa shape index (κ3) is 3.74. The molecule has 0 bridgehead atoms. The van der Waals surface area contributed by atoms with E-state index in [-0.39, 0.29) is 5.91 Å². The minimum Gasteiger partial charge on any atom is -0.341 e. The number of aromatic amines is 1. The van der Waals surface area contributed by atoms with Crippen LogP contribution in [0, 0.1) is 0 Å². The molecule has 2 aromatic rings. The van der Waals surface area contributed by atoms with Gasteiger partial charge in [-0.2, -0.15) is 0 Å². The number of nitrogens with two attached hydrogens (primary N) is 1. The number of benzene rings is 1. The molecule has 0 radical (unpaired) electrons. The summed E-state index contributed by atoms with van der Waals surface area (Å²) >= 11 is 0. The van der Waals surface area contributed by atoms with Crippen molar-refractivity contribution < 1.29 is 4.79 Å². The molecule has 1 aromatic carbocycles. The quantitative estimate of drug-likeness (QED) is 0.861. The number of hydrogen-bond donors (Lipinski definition) is 2. The van der Waals surface area contributed by atoms with Gasteiger partial charge in [0.25, 0.3) is 0 Å². The summed E-state index contributed by atoms with van der Waals surface area (Å²) in [6.45, 7) is 4.23. The number of carbonyl (C=O) groups is 1. The van der Waals surface area contributed by atoms with Crippen molar-refractivity contribution in [2.24, 2.45) is 5.73 Å². The second-order valence-corrected chi connectivity index (χ2v) is 5.94. The molecule has 1 heterocycles. The molecule has 22 heavy (non-hydrogen) atoms. The molecule has 3 N–H and O–H groups in total. The summed E-state index contributed by atoms with van der Waals surface area (Å²) < 4.78 is 0. The van der Waals surface area contributed by atoms with Gasteiger partial charge in [-0.05, 0) is 18.9 Å². The lowest BCUT2D eigenvalue weighted by Crippen LogP contribution is -2.51. The van der Waals surface area contributed by atoms with Gasteiger partial charge in [-0.3, -0.25) is 4.79 Å². The Hall–Kier alpha value is -2.14. The van der Waals surface area contributed by atoms with E-state index < -0.39 is 5.54 Å². The fourth-order valence-electron chi connectivity index (χ4n) is 2.57. The second-order valence-electron chi connectivity index (χ2n) is 5.94. The van der Waals surface area contributed by atoms with Crippen LogP contribution in [-0.4, -0.2) is 33.4 Å². The fraction of sp³-hybridized carbons (Fsp3) is 0.412. The third-order valence-electron chi connectivity index (χ3n) is 3.70. The van der Waals surface area contributed by atoms with Crippen LogP contribution in [0.2, 0.25) is 0 Å². The zero-order valence-electron chi connectivity index (χ0n) is 13.5. The highest BCUT2D eigenvalue weighted by atomic mass is 16.2. The van der Waals surface area contributed by atoms with Crippen LogP contribution in [0.5, 0.6) is 0 Å². The lowest BCUT2D eigenvalue weighted by Gasteiger charge is -2.28. The van der Waals surface area contributed by atoms with E-state index in [1.54, 1.807) is 25.1 Å². The lowest BCUT2D eigenvalue weighted by molar-refractivity contribution is -0.136. The number of imidazole rings is 1. The highest BCUT2D eigenvalue weighted by Crippen LogP contribution is 2.17. The summed E-state index contributed by atoms with van der Waals surface area (Å²) in [5.41, 5.74) is 7.30. The van der Waals surface area contributed by atoms with Gasteiger partial charge in [0.05, 0.1) is 24.0 Å². The lowest BCUT2D eigenvalue weighted by atomic mass is 9.96. The van der Waals surface area contributed by atoms with Crippen LogP contribution >= 0.6 is 0 Å². The summed E-state index contributed by atoms with van der Waals surface area (Å²) in [5.74, 6) is 0.689. The Labute approximate surface area is 131 Å². The van der Waals surface area contributed by atoms with Crippen molar-refractivity contribution >= 4 is 5.91 Å². The van der Waals surface area contributed by atoms with E-state index in [9.17, 15) is 4.79 Å². The van der Waals surface area contributed by atoms with Gasteiger partial charge in [0.1, 0.15) is 5.82 Å². The smallest absolute Gasteiger partial charge is 0.242 e. The van der Waals surface area contributed by atoms with E-state index in [1.165, 1.54) is 0 Å². The molecule has 1 aromatic heterocycles. The second kappa shape index (κ2) is 6.75. The highest BCUT2D eigenvalue weighted by Gasteiger charge is 2.30. The average Bonchev–Trinajstić information content (AvgIpc) is 2.95. The van der Waals surface area contributed by atoms with E-state index in [4.69, 9.17) is 5.73 Å². The highest BCUT2D eigenvalue weighted by molar-refractivity contribution is 5.85. The summed E-state index contributed by atoms with van der Waals surface area (Å²) in [4.78, 5) is 21.6. The molecule has 2 rings (SSSR count). The normalized spacial score (nSPS) is 13.6. The predicted octanol–water partition coefficient (Wildman–Crippen LogP) is 2.55. The number of H-pyrrole nitrogens is 1. The largest absolute Gasteiger partial charge is 0.341 e. The van der Waals surface area contributed by atoms with Gasteiger partial charge in [0.15, 0.2) is 0 Å². The first kappa shape index (κ1) is 16.2. The van der Waals surface area contributed by atoms with Crippen LogP contribution < -0.4 is 5.73 Å². The van der Waals surface area contributed by atoms with Crippen LogP contribution in [0.3, 0.4) is 0 Å². The van der Waals surface area contributed by atoms with E-state index in [0.717, 1.165) is 23.5 Å². The summed E-state index contributed by atoms with van der Waals surface area (Å²) in [5, 5.41) is 0. The first-order chi connectivity index (χ1) is 10.4. The van der Waals surface area contributed by atoms with Gasteiger partial charge in [-0.15, -0.1) is 0 Å². The molecule has 1 amide bonds. The number of rotatable bonds is 6. The van der Waals surface area contributed by atoms with Crippen LogP contribution in [0.4, 0.5) is 0 Å². The molecule has 5 heteroatoms. The Morgan fingerprint density at radius 2 is 2.05 bits per heavy atom. The van der Waals surface area contributed by atoms with Crippen LogP contribution in [-0.2, 0) is 11.3 Å². The van der Waals surface area contributed by atoms with Gasteiger partial charge in [0, 0.05) is 7.05 Å². The predicted molar refractivity (Wildman–Crippen MR) is 88.0 cm³/mol. The van der Waals surface area contributed by atoms with Crippen molar-refractivity contribution in [1.29, 1.82) is 0 Å². The van der Waals surface area contributed by atoms with Crippen molar-refractivity contribution in [2.45, 2.75) is 38.8 Å². The van der Waals surface area contributed by atoms with Crippen LogP contribution in [0.25, 0.3) is 11.3 Å². The molecule has 118 valence electrons. The molecule has 0 spiro atoms. The van der Waals surface area contributed by atoms with Crippen molar-refractivity contribution in [3.8, 4) is 11.3 Å². The summed E-state index contributed by atoms with van der Waals surface area (Å²) in [7, 11) is 1.76. The van der Waals surface area contributed by atoms with Crippen molar-refractivity contribution in [3.05, 3.63) is 42.4 Å². The first-order valence-electron chi connectivity index (χ1n) is 7.58. The minimum absolute atomic E-state index is 0.0630. The molecular formula is C17H24N4O. The molecule has 1 atom stereocenters. The molecule has 0 fully saturated rings. The van der Waals surface area contributed by atoms with E-state index in [0.29, 0.717) is 13.0 Å². The topological polar surface area (TPSA) is 75.0 Å². The molecule has 1 unspecified atom stereocenters. The Balaban J connectivity index is 2.05. The molecule has 5 nitrogen and oxygen atoms in total. The van der Waals surface area contributed by atoms with E-state index in [2.05, 4.69) is 9.97 Å². The third-order valence-corrected chi connectivity index (χ3v) is 3.70. The van der Waals surface area contributed by atoms with E-state index in [1.807, 2.05) is 37.3 Å². The molecule has 0 aliphatic heterocycles. The Kier molecular flexibility index (Phi) is 4.98. The molecule has 0 aliphatic carbocycles. The zero-order chi connectivity index (χ0) is 16.2. The van der Waals surface area contributed by atoms with Crippen molar-refractivity contribution in [3.63, 3.8) is 0 Å². The fourth-order valence-corrected chi connectivity index (χ4v) is 2.57. The molecule has 0 saturated carbocycles. The summed E-state index contributed by atoms with van der Waals surface area (Å²) in [6, 6.07) is 9.98. The molecule has 0 aliphatic rings. The number of carbonyl (C=O) groups excluding carboxylic acids is 1. The number of amides is 1. The number of nitrogens with one attached hydrogen (secondary N) is 1. The molecule has 0 saturated heterocycles. The minimum atomic E-state index is -0.821. The number of aromatic nitrogens is 2. The zero-order valence-corrected chi connectivity index (χ0v) is 13.5. The Bertz CT molecular complexity index is 619. The monoisotopic (exact) mass is 300 g/mol. The number of likely N-dealkylation sites (N-methyl/N-ethyl adjacent to an activating group) is 1. The SMILES string of the molecule is CCCC(C)(N)C(=O)N(C)Cc1ncc(-c2ccccc2)[nH]1. The van der Waals surface area contributed by atoms with Crippen molar-refractivity contribution in [2.75, 3.05) is 7.05 Å². The van der Waals surface area contributed by atoms with Crippen LogP contribution in [0.15, 0.2) is 36.5 Å². The Morgan fingerprint density at radius 3 is 2.68 bits per heavy atom. The van der Waals surface area contributed by atoms with Gasteiger partial charge in [-0.25, -0.2) is 4.98 Å². The standard InChI is InChI=1S/C17H24N4O/c1-4-10-17(2,18)16(22)21(3)12-15-19-11-14(20-15)13-8-6-5-7-9-13/h5-9,11H,4,10,12,18H2,1-3H3,(H,19,20). The van der Waals surface area contributed by atoms with Crippen LogP contribution in [0.1, 0.15) is 32.5 Å². The number of hydrogen-bond acceptors (Lipinski definition) is 3. The maximum absolute atomic E-state index is 12.4. The summed E-state index contributed by atoms with van der Waals surface area (Å²) in [6.07, 6.45) is 3.34. The van der Waals surface area contributed by atoms with Gasteiger partial charge < -0.3 is 15.6 Å². The van der Waals surface area contributed by atoms with Gasteiger partial charge >= 0.3 is 0 Å². The maximum Gasteiger partial charge on any atom is 0.242 e. The Morgan fingerprint density at radius 1 is 1.36 bits per heavy atom. The first-order valence-corrected chi connectivity index (χ1v) is 7.58. The number of nitrogens with zero attached hydrogens (tertiary/aromatic N) is 2. The van der Waals surface area contributed by atoms with E-state index >= 15 is 0 Å². The van der Waals surface area contributed by atoms with Crippen molar-refractivity contribution in [1.82, 2.24) is 14.9 Å². The molecular weight excluding hydrogens is 276 g/mol. The van der Waals surface area contributed by atoms with Gasteiger partial charge in [-0.1, -0.05) is 43.7 Å². The maximum atomic E-state index is 12.4. The van der Waals surface area contributed by atoms with Gasteiger partial charge in [0.2, 0.25) is 5.91 Å².